The number of rotatable bonds is 10. The Morgan fingerprint density at radius 3 is 1.73 bits per heavy atom. The van der Waals surface area contributed by atoms with Crippen molar-refractivity contribution >= 4 is 92.6 Å². The largest absolute Gasteiger partial charge is 0.496 e. The van der Waals surface area contributed by atoms with E-state index in [1.54, 1.807) is 0 Å². The lowest BCUT2D eigenvalue weighted by Gasteiger charge is -2.14. The highest BCUT2D eigenvalue weighted by molar-refractivity contribution is 14.1. The van der Waals surface area contributed by atoms with Crippen LogP contribution < -0.4 is 20.9 Å². The predicted molar refractivity (Wildman–Crippen MR) is 197 cm³/mol. The summed E-state index contributed by atoms with van der Waals surface area (Å²) in [7, 11) is 5.78. The van der Waals surface area contributed by atoms with Gasteiger partial charge in [0.05, 0.1) is 46.1 Å². The number of ether oxygens (including phenoxy) is 2. The van der Waals surface area contributed by atoms with E-state index in [0.717, 1.165) is 22.6 Å². The molecule has 0 spiro atoms. The van der Waals surface area contributed by atoms with E-state index in [1.807, 2.05) is 36.4 Å². The number of hydrogen-bond donors (Lipinski definition) is 2. The first kappa shape index (κ1) is 41.9. The van der Waals surface area contributed by atoms with Gasteiger partial charge in [0.25, 0.3) is 5.91 Å². The fraction of sp³-hybridized carbons (Fsp3) is 0.267. The molecule has 0 aliphatic rings. The number of thioether (sulfide) groups is 2. The molecule has 0 saturated heterocycles. The van der Waals surface area contributed by atoms with Crippen molar-refractivity contribution in [3.63, 3.8) is 0 Å². The van der Waals surface area contributed by atoms with Gasteiger partial charge in [-0.2, -0.15) is 0 Å². The van der Waals surface area contributed by atoms with Gasteiger partial charge in [0.1, 0.15) is 40.3 Å². The number of amides is 1. The highest BCUT2D eigenvalue weighted by atomic mass is 127. The van der Waals surface area contributed by atoms with Crippen LogP contribution in [0, 0.1) is 15.2 Å². The number of hydrogen-bond acceptors (Lipinski definition) is 13. The summed E-state index contributed by atoms with van der Waals surface area (Å²) in [5, 5.41) is 2.07. The standard InChI is InChI=1S/C14H13ClFN3O2S.C9H14N4O2S.C7H5ClFIO/c1-3-22-14-18-6-8(13(17)19-14)12(20)7-4-10(16)9(15)5-11(7)21-2;1-4-16-9-11-5-6(7(10)12-9)8(14)13(2)15-3;1-11-7-2-4(8)5(9)3-6(7)10/h4-6H,3H2,1-2H3,(H2,17,18,19);5H,4H2,1-3H3,(H2,10,11,12);2-3H,1H3. The minimum atomic E-state index is -0.719. The fourth-order valence-corrected chi connectivity index (χ4v) is 5.48. The zero-order valence-corrected chi connectivity index (χ0v) is 32.3. The smallest absolute Gasteiger partial charge is 0.282 e. The van der Waals surface area contributed by atoms with Crippen LogP contribution in [0.5, 0.6) is 11.5 Å². The van der Waals surface area contributed by atoms with Crippen LogP contribution in [0.15, 0.2) is 47.0 Å². The predicted octanol–water partition coefficient (Wildman–Crippen LogP) is 7.10. The number of nitrogens with zero attached hydrogens (tertiary/aromatic N) is 5. The number of hydroxylamine groups is 2. The Hall–Kier alpha value is -3.23. The van der Waals surface area contributed by atoms with Crippen molar-refractivity contribution in [2.75, 3.05) is 51.4 Å². The molecule has 0 aliphatic heterocycles. The van der Waals surface area contributed by atoms with Crippen molar-refractivity contribution in [2.24, 2.45) is 0 Å². The zero-order valence-electron chi connectivity index (χ0n) is 27.0. The van der Waals surface area contributed by atoms with Gasteiger partial charge in [-0.05, 0) is 46.2 Å². The van der Waals surface area contributed by atoms with Crippen LogP contribution in [0.25, 0.3) is 0 Å². The Bertz CT molecular complexity index is 1780. The van der Waals surface area contributed by atoms with E-state index in [-0.39, 0.29) is 50.0 Å². The van der Waals surface area contributed by atoms with Gasteiger partial charge in [0.2, 0.25) is 5.78 Å². The number of anilines is 2. The third kappa shape index (κ3) is 12.0. The van der Waals surface area contributed by atoms with E-state index in [0.29, 0.717) is 19.6 Å². The molecule has 4 N–H and O–H groups in total. The van der Waals surface area contributed by atoms with E-state index >= 15 is 0 Å². The molecule has 0 radical (unpaired) electrons. The first-order valence-corrected chi connectivity index (χ1v) is 17.6. The molecule has 4 aromatic rings. The van der Waals surface area contributed by atoms with Gasteiger partial charge in [-0.3, -0.25) is 14.4 Å². The molecule has 0 atom stereocenters. The summed E-state index contributed by atoms with van der Waals surface area (Å²) in [6.07, 6.45) is 2.74. The molecule has 4 rings (SSSR count). The van der Waals surface area contributed by atoms with Crippen molar-refractivity contribution in [3.8, 4) is 11.5 Å². The number of ketones is 1. The normalized spacial score (nSPS) is 10.3. The molecule has 0 fully saturated rings. The van der Waals surface area contributed by atoms with Crippen LogP contribution in [0.4, 0.5) is 20.4 Å². The van der Waals surface area contributed by atoms with Gasteiger partial charge < -0.3 is 20.9 Å². The monoisotopic (exact) mass is 869 g/mol. The minimum absolute atomic E-state index is 0.00981. The van der Waals surface area contributed by atoms with Crippen LogP contribution in [-0.2, 0) is 4.84 Å². The first-order valence-electron chi connectivity index (χ1n) is 13.8. The van der Waals surface area contributed by atoms with Crippen molar-refractivity contribution in [3.05, 3.63) is 78.6 Å². The molecule has 0 saturated carbocycles. The van der Waals surface area contributed by atoms with Crippen LogP contribution in [0.3, 0.4) is 0 Å². The molecule has 2 aromatic carbocycles. The number of benzene rings is 2. The molecule has 2 aromatic heterocycles. The van der Waals surface area contributed by atoms with Crippen molar-refractivity contribution in [2.45, 2.75) is 24.2 Å². The maximum atomic E-state index is 13.6. The Kier molecular flexibility index (Phi) is 17.5. The highest BCUT2D eigenvalue weighted by Gasteiger charge is 2.21. The lowest BCUT2D eigenvalue weighted by Crippen LogP contribution is -2.26. The van der Waals surface area contributed by atoms with Gasteiger partial charge in [0, 0.05) is 31.6 Å². The first-order chi connectivity index (χ1) is 23.2. The molecule has 49 heavy (non-hydrogen) atoms. The second kappa shape index (κ2) is 20.4. The Labute approximate surface area is 314 Å². The quantitative estimate of drug-likeness (QED) is 0.0414. The number of halogens is 5. The Balaban J connectivity index is 0.000000271. The number of carbonyl (C=O) groups excluding carboxylic acids is 2. The topological polar surface area (TPSA) is 169 Å². The SMILES string of the molecule is CCSc1ncc(C(=O)N(C)OC)c(N)n1.CCSc1ncc(C(=O)c2cc(F)c(Cl)cc2OC)c(N)n1.COc1cc(Cl)c(F)cc1I. The fourth-order valence-electron chi connectivity index (χ4n) is 3.43. The summed E-state index contributed by atoms with van der Waals surface area (Å²) in [4.78, 5) is 45.2. The van der Waals surface area contributed by atoms with Crippen molar-refractivity contribution in [1.29, 1.82) is 0 Å². The summed E-state index contributed by atoms with van der Waals surface area (Å²) in [5.74, 6) is 0.549. The van der Waals surface area contributed by atoms with Gasteiger partial charge in [-0.25, -0.2) is 33.8 Å². The molecular weight excluding hydrogens is 838 g/mol. The van der Waals surface area contributed by atoms with Crippen LogP contribution >= 0.6 is 69.3 Å². The summed E-state index contributed by atoms with van der Waals surface area (Å²) in [6, 6.07) is 5.04. The van der Waals surface area contributed by atoms with E-state index in [4.69, 9.17) is 49.0 Å². The van der Waals surface area contributed by atoms with E-state index in [2.05, 4.69) is 19.9 Å². The van der Waals surface area contributed by atoms with E-state index in [1.165, 1.54) is 82.5 Å². The molecule has 264 valence electrons. The molecule has 1 amide bonds. The molecule has 12 nitrogen and oxygen atoms in total. The molecule has 0 unspecified atom stereocenters. The third-order valence-electron chi connectivity index (χ3n) is 5.86. The molecule has 19 heteroatoms. The third-order valence-corrected chi connectivity index (χ3v) is 8.77. The zero-order chi connectivity index (χ0) is 36.8. The number of nitrogens with two attached hydrogens (primary N) is 2. The Morgan fingerprint density at radius 1 is 0.816 bits per heavy atom. The summed E-state index contributed by atoms with van der Waals surface area (Å²) in [6.45, 7) is 3.94. The van der Waals surface area contributed by atoms with E-state index in [9.17, 15) is 18.4 Å². The van der Waals surface area contributed by atoms with Gasteiger partial charge >= 0.3 is 0 Å². The van der Waals surface area contributed by atoms with Crippen molar-refractivity contribution in [1.82, 2.24) is 25.0 Å². The average molecular weight is 871 g/mol. The highest BCUT2D eigenvalue weighted by Crippen LogP contribution is 2.30. The lowest BCUT2D eigenvalue weighted by atomic mass is 10.0. The van der Waals surface area contributed by atoms with Crippen LogP contribution in [0.2, 0.25) is 10.0 Å². The molecule has 2 heterocycles. The molecule has 0 aliphatic carbocycles. The van der Waals surface area contributed by atoms with Gasteiger partial charge in [-0.15, -0.1) is 0 Å². The maximum absolute atomic E-state index is 13.6. The van der Waals surface area contributed by atoms with Gasteiger partial charge in [0.15, 0.2) is 10.3 Å². The lowest BCUT2D eigenvalue weighted by molar-refractivity contribution is -0.0756. The minimum Gasteiger partial charge on any atom is -0.496 e. The van der Waals surface area contributed by atoms with Crippen LogP contribution in [0.1, 0.15) is 40.1 Å². The van der Waals surface area contributed by atoms with Gasteiger partial charge in [-0.1, -0.05) is 60.6 Å². The summed E-state index contributed by atoms with van der Waals surface area (Å²) >= 11 is 16.0. The van der Waals surface area contributed by atoms with E-state index < -0.39 is 17.4 Å². The maximum Gasteiger partial charge on any atom is 0.282 e. The summed E-state index contributed by atoms with van der Waals surface area (Å²) in [5.41, 5.74) is 11.8. The second-order valence-corrected chi connectivity index (χ2v) is 13.4. The summed E-state index contributed by atoms with van der Waals surface area (Å²) < 4.78 is 37.0. The molecule has 0 bridgehead atoms. The average Bonchev–Trinajstić information content (AvgIpc) is 3.07. The Morgan fingerprint density at radius 2 is 1.29 bits per heavy atom. The van der Waals surface area contributed by atoms with Crippen LogP contribution in [-0.4, -0.2) is 76.6 Å². The number of carbonyl (C=O) groups is 2. The number of nitrogen functional groups attached to an aromatic ring is 2. The second-order valence-electron chi connectivity index (χ2n) is 8.95. The number of aromatic nitrogens is 4. The molecular formula is C30H32Cl2F2IN7O5S2. The number of methoxy groups -OCH3 is 2. The van der Waals surface area contributed by atoms with Crippen molar-refractivity contribution < 1.29 is 32.7 Å².